The summed E-state index contributed by atoms with van der Waals surface area (Å²) in [5.41, 5.74) is 4.18. The number of rotatable bonds is 5. The summed E-state index contributed by atoms with van der Waals surface area (Å²) in [6.07, 6.45) is 1.25. The van der Waals surface area contributed by atoms with Crippen LogP contribution in [0.15, 0.2) is 18.2 Å². The zero-order chi connectivity index (χ0) is 14.5. The van der Waals surface area contributed by atoms with Gasteiger partial charge in [0, 0.05) is 44.5 Å². The van der Waals surface area contributed by atoms with Gasteiger partial charge in [-0.25, -0.2) is 0 Å². The first-order valence-corrected chi connectivity index (χ1v) is 7.88. The average molecular weight is 275 g/mol. The van der Waals surface area contributed by atoms with Crippen molar-refractivity contribution in [2.24, 2.45) is 0 Å². The minimum absolute atomic E-state index is 0.719. The highest BCUT2D eigenvalue weighted by atomic mass is 15.3. The van der Waals surface area contributed by atoms with Gasteiger partial charge in [-0.15, -0.1) is 0 Å². The van der Waals surface area contributed by atoms with Gasteiger partial charge < -0.3 is 10.2 Å². The number of aryl methyl sites for hydroxylation is 1. The Balaban J connectivity index is 2.00. The molecule has 0 amide bonds. The minimum Gasteiger partial charge on any atom is -0.369 e. The van der Waals surface area contributed by atoms with E-state index in [0.29, 0.717) is 0 Å². The van der Waals surface area contributed by atoms with Crippen LogP contribution in [0.4, 0.5) is 5.69 Å². The van der Waals surface area contributed by atoms with E-state index in [1.807, 2.05) is 7.05 Å². The summed E-state index contributed by atoms with van der Waals surface area (Å²) in [4.78, 5) is 5.15. The second kappa shape index (κ2) is 7.09. The predicted molar refractivity (Wildman–Crippen MR) is 87.5 cm³/mol. The van der Waals surface area contributed by atoms with Crippen molar-refractivity contribution in [3.8, 4) is 0 Å². The van der Waals surface area contributed by atoms with Gasteiger partial charge in [-0.05, 0) is 44.5 Å². The Kier molecular flexibility index (Phi) is 5.44. The van der Waals surface area contributed by atoms with E-state index in [1.165, 1.54) is 36.3 Å². The summed E-state index contributed by atoms with van der Waals surface area (Å²) in [7, 11) is 2.00. The number of anilines is 1. The lowest BCUT2D eigenvalue weighted by molar-refractivity contribution is 0.193. The smallest absolute Gasteiger partial charge is 0.0397 e. The summed E-state index contributed by atoms with van der Waals surface area (Å²) >= 11 is 0. The van der Waals surface area contributed by atoms with Gasteiger partial charge in [0.2, 0.25) is 0 Å². The van der Waals surface area contributed by atoms with Gasteiger partial charge in [-0.1, -0.05) is 19.1 Å². The third-order valence-electron chi connectivity index (χ3n) is 4.51. The first kappa shape index (κ1) is 15.3. The van der Waals surface area contributed by atoms with Crippen molar-refractivity contribution in [1.29, 1.82) is 0 Å². The number of benzene rings is 1. The number of hydrogen-bond donors (Lipinski definition) is 1. The molecule has 3 nitrogen and oxygen atoms in total. The highest BCUT2D eigenvalue weighted by molar-refractivity contribution is 5.54. The van der Waals surface area contributed by atoms with E-state index in [2.05, 4.69) is 54.1 Å². The molecule has 1 atom stereocenters. The van der Waals surface area contributed by atoms with E-state index < -0.39 is 0 Å². The number of hydrogen-bond acceptors (Lipinski definition) is 3. The molecule has 3 heteroatoms. The molecule has 0 radical (unpaired) electrons. The second-order valence-electron chi connectivity index (χ2n) is 5.93. The molecule has 1 N–H and O–H groups in total. The molecule has 1 aromatic rings. The zero-order valence-corrected chi connectivity index (χ0v) is 13.4. The van der Waals surface area contributed by atoms with Crippen LogP contribution in [-0.4, -0.2) is 44.2 Å². The van der Waals surface area contributed by atoms with Crippen LogP contribution in [0.3, 0.4) is 0 Å². The lowest BCUT2D eigenvalue weighted by Gasteiger charge is -2.39. The largest absolute Gasteiger partial charge is 0.369 e. The van der Waals surface area contributed by atoms with Crippen LogP contribution in [0.1, 0.15) is 31.4 Å². The fourth-order valence-electron chi connectivity index (χ4n) is 3.05. The monoisotopic (exact) mass is 275 g/mol. The molecule has 1 heterocycles. The molecule has 0 aliphatic carbocycles. The Morgan fingerprint density at radius 2 is 1.90 bits per heavy atom. The third kappa shape index (κ3) is 3.53. The molecule has 0 aromatic heterocycles. The zero-order valence-electron chi connectivity index (χ0n) is 13.4. The molecule has 1 aliphatic heterocycles. The molecule has 0 bridgehead atoms. The van der Waals surface area contributed by atoms with E-state index in [0.717, 1.165) is 25.7 Å². The summed E-state index contributed by atoms with van der Waals surface area (Å²) < 4.78 is 0. The predicted octanol–water partition coefficient (Wildman–Crippen LogP) is 2.63. The lowest BCUT2D eigenvalue weighted by atomic mass is 10.1. The van der Waals surface area contributed by atoms with E-state index in [9.17, 15) is 0 Å². The van der Waals surface area contributed by atoms with Crippen LogP contribution in [-0.2, 0) is 6.54 Å². The van der Waals surface area contributed by atoms with Crippen molar-refractivity contribution in [3.05, 3.63) is 29.3 Å². The van der Waals surface area contributed by atoms with Crippen molar-refractivity contribution in [2.45, 2.75) is 39.8 Å². The summed E-state index contributed by atoms with van der Waals surface area (Å²) in [5.74, 6) is 0. The Bertz CT molecular complexity index is 422. The normalized spacial score (nSPS) is 18.3. The maximum Gasteiger partial charge on any atom is 0.0397 e. The van der Waals surface area contributed by atoms with Gasteiger partial charge >= 0.3 is 0 Å². The Hall–Kier alpha value is -1.06. The highest BCUT2D eigenvalue weighted by Gasteiger charge is 2.21. The second-order valence-corrected chi connectivity index (χ2v) is 5.93. The molecule has 2 rings (SSSR count). The standard InChI is InChI=1S/C17H29N3/c1-5-15(3)19-8-10-20(11-9-19)17-7-6-16(13-18-4)12-14(17)2/h6-7,12,15,18H,5,8-11,13H2,1-4H3. The first-order chi connectivity index (χ1) is 9.65. The quantitative estimate of drug-likeness (QED) is 0.891. The molecular formula is C17H29N3. The van der Waals surface area contributed by atoms with Crippen LogP contribution < -0.4 is 10.2 Å². The maximum absolute atomic E-state index is 3.21. The first-order valence-electron chi connectivity index (χ1n) is 7.88. The van der Waals surface area contributed by atoms with Crippen LogP contribution in [0.5, 0.6) is 0 Å². The Morgan fingerprint density at radius 3 is 2.45 bits per heavy atom. The van der Waals surface area contributed by atoms with Gasteiger partial charge in [0.25, 0.3) is 0 Å². The fourth-order valence-corrected chi connectivity index (χ4v) is 3.05. The van der Waals surface area contributed by atoms with Crippen molar-refractivity contribution in [3.63, 3.8) is 0 Å². The van der Waals surface area contributed by atoms with Crippen molar-refractivity contribution < 1.29 is 0 Å². The fraction of sp³-hybridized carbons (Fsp3) is 0.647. The topological polar surface area (TPSA) is 18.5 Å². The summed E-state index contributed by atoms with van der Waals surface area (Å²) in [6, 6.07) is 7.57. The number of piperazine rings is 1. The number of nitrogens with one attached hydrogen (secondary N) is 1. The maximum atomic E-state index is 3.21. The number of nitrogens with zero attached hydrogens (tertiary/aromatic N) is 2. The van der Waals surface area contributed by atoms with E-state index >= 15 is 0 Å². The average Bonchev–Trinajstić information content (AvgIpc) is 2.47. The van der Waals surface area contributed by atoms with Gasteiger partial charge in [0.1, 0.15) is 0 Å². The van der Waals surface area contributed by atoms with Crippen molar-refractivity contribution >= 4 is 5.69 Å². The molecule has 0 saturated carbocycles. The van der Waals surface area contributed by atoms with Gasteiger partial charge in [0.15, 0.2) is 0 Å². The molecule has 1 fully saturated rings. The molecule has 1 aliphatic rings. The van der Waals surface area contributed by atoms with Crippen LogP contribution >= 0.6 is 0 Å². The van der Waals surface area contributed by atoms with Crippen molar-refractivity contribution in [1.82, 2.24) is 10.2 Å². The molecule has 1 unspecified atom stereocenters. The Morgan fingerprint density at radius 1 is 1.20 bits per heavy atom. The van der Waals surface area contributed by atoms with Gasteiger partial charge in [0.05, 0.1) is 0 Å². The molecule has 1 aromatic carbocycles. The molecule has 20 heavy (non-hydrogen) atoms. The molecule has 0 spiro atoms. The SMILES string of the molecule is CCC(C)N1CCN(c2ccc(CNC)cc2C)CC1. The summed E-state index contributed by atoms with van der Waals surface area (Å²) in [5, 5.41) is 3.21. The van der Waals surface area contributed by atoms with Crippen LogP contribution in [0.2, 0.25) is 0 Å². The van der Waals surface area contributed by atoms with E-state index in [4.69, 9.17) is 0 Å². The third-order valence-corrected chi connectivity index (χ3v) is 4.51. The van der Waals surface area contributed by atoms with Crippen LogP contribution in [0, 0.1) is 6.92 Å². The van der Waals surface area contributed by atoms with Gasteiger partial charge in [-0.3, -0.25) is 4.90 Å². The van der Waals surface area contributed by atoms with E-state index in [-0.39, 0.29) is 0 Å². The minimum atomic E-state index is 0.719. The molecular weight excluding hydrogens is 246 g/mol. The lowest BCUT2D eigenvalue weighted by Crippen LogP contribution is -2.49. The molecule has 1 saturated heterocycles. The van der Waals surface area contributed by atoms with Gasteiger partial charge in [-0.2, -0.15) is 0 Å². The Labute approximate surface area is 124 Å². The van der Waals surface area contributed by atoms with Crippen molar-refractivity contribution in [2.75, 3.05) is 38.1 Å². The summed E-state index contributed by atoms with van der Waals surface area (Å²) in [6.45, 7) is 12.5. The van der Waals surface area contributed by atoms with Crippen LogP contribution in [0.25, 0.3) is 0 Å². The highest BCUT2D eigenvalue weighted by Crippen LogP contribution is 2.23. The molecule has 112 valence electrons. The van der Waals surface area contributed by atoms with E-state index in [1.54, 1.807) is 0 Å².